The summed E-state index contributed by atoms with van der Waals surface area (Å²) in [6.45, 7) is 2.28. The number of aromatic nitrogens is 4. The van der Waals surface area contributed by atoms with Gasteiger partial charge in [-0.05, 0) is 43.1 Å². The highest BCUT2D eigenvalue weighted by Crippen LogP contribution is 2.36. The molecule has 5 heteroatoms. The number of nitrogens with one attached hydrogen (secondary N) is 1. The van der Waals surface area contributed by atoms with Crippen LogP contribution in [0.1, 0.15) is 45.1 Å². The summed E-state index contributed by atoms with van der Waals surface area (Å²) < 4.78 is 2.95. The number of H-pyrrole nitrogens is 1. The van der Waals surface area contributed by atoms with Gasteiger partial charge in [-0.2, -0.15) is 5.10 Å². The van der Waals surface area contributed by atoms with E-state index in [1.54, 1.807) is 12.4 Å². The smallest absolute Gasteiger partial charge is 0.195 e. The molecule has 106 valence electrons. The lowest BCUT2D eigenvalue weighted by Gasteiger charge is -2.30. The quantitative estimate of drug-likeness (QED) is 0.863. The standard InChI is InChI=1S/C15H20N4S/c1-2-11-4-3-5-13(10-11)19-14(17-18-15(19)20)12-6-8-16-9-7-12/h6-9,11,13H,2-5,10H2,1H3,(H,18,20). The predicted molar refractivity (Wildman–Crippen MR) is 81.9 cm³/mol. The molecule has 0 aromatic carbocycles. The summed E-state index contributed by atoms with van der Waals surface area (Å²) in [6.07, 6.45) is 9.89. The molecule has 2 heterocycles. The predicted octanol–water partition coefficient (Wildman–Crippen LogP) is 4.14. The van der Waals surface area contributed by atoms with Gasteiger partial charge in [-0.3, -0.25) is 14.6 Å². The van der Waals surface area contributed by atoms with Crippen LogP contribution in [-0.4, -0.2) is 19.7 Å². The van der Waals surface area contributed by atoms with Crippen molar-refractivity contribution in [2.24, 2.45) is 5.92 Å². The number of pyridine rings is 1. The second kappa shape index (κ2) is 5.87. The van der Waals surface area contributed by atoms with E-state index < -0.39 is 0 Å². The zero-order chi connectivity index (χ0) is 13.9. The summed E-state index contributed by atoms with van der Waals surface area (Å²) in [7, 11) is 0. The van der Waals surface area contributed by atoms with Gasteiger partial charge in [0, 0.05) is 24.0 Å². The van der Waals surface area contributed by atoms with Crippen molar-refractivity contribution in [3.63, 3.8) is 0 Å². The van der Waals surface area contributed by atoms with Crippen molar-refractivity contribution in [1.29, 1.82) is 0 Å². The fourth-order valence-corrected chi connectivity index (χ4v) is 3.50. The second-order valence-electron chi connectivity index (χ2n) is 5.55. The molecular weight excluding hydrogens is 268 g/mol. The molecule has 2 atom stereocenters. The van der Waals surface area contributed by atoms with Crippen LogP contribution >= 0.6 is 12.2 Å². The third kappa shape index (κ3) is 2.54. The first-order valence-electron chi connectivity index (χ1n) is 7.37. The van der Waals surface area contributed by atoms with Crippen LogP contribution in [0.15, 0.2) is 24.5 Å². The van der Waals surface area contributed by atoms with E-state index in [2.05, 4.69) is 26.7 Å². The molecule has 0 bridgehead atoms. The maximum absolute atomic E-state index is 5.46. The molecule has 2 aromatic heterocycles. The molecule has 0 amide bonds. The van der Waals surface area contributed by atoms with Crippen LogP contribution in [0.2, 0.25) is 0 Å². The SMILES string of the molecule is CCC1CCCC(n2c(-c3ccncc3)n[nH]c2=S)C1. The molecule has 4 nitrogen and oxygen atoms in total. The van der Waals surface area contributed by atoms with Crippen LogP contribution in [0.5, 0.6) is 0 Å². The van der Waals surface area contributed by atoms with Crippen LogP contribution < -0.4 is 0 Å². The Balaban J connectivity index is 1.97. The Morgan fingerprint density at radius 2 is 2.15 bits per heavy atom. The number of nitrogens with zero attached hydrogens (tertiary/aromatic N) is 3. The highest BCUT2D eigenvalue weighted by atomic mass is 32.1. The molecule has 20 heavy (non-hydrogen) atoms. The third-order valence-electron chi connectivity index (χ3n) is 4.34. The first kappa shape index (κ1) is 13.5. The molecule has 3 rings (SSSR count). The van der Waals surface area contributed by atoms with Crippen LogP contribution in [0.4, 0.5) is 0 Å². The molecule has 2 aromatic rings. The van der Waals surface area contributed by atoms with Crippen molar-refractivity contribution in [3.05, 3.63) is 29.3 Å². The Morgan fingerprint density at radius 1 is 1.35 bits per heavy atom. The topological polar surface area (TPSA) is 46.5 Å². The number of rotatable bonds is 3. The van der Waals surface area contributed by atoms with Gasteiger partial charge in [-0.1, -0.05) is 26.2 Å². The normalized spacial score (nSPS) is 22.9. The van der Waals surface area contributed by atoms with Crippen LogP contribution in [0.3, 0.4) is 0 Å². The Hall–Kier alpha value is -1.49. The Labute approximate surface area is 124 Å². The molecule has 1 N–H and O–H groups in total. The van der Waals surface area contributed by atoms with Crippen LogP contribution in [0.25, 0.3) is 11.4 Å². The van der Waals surface area contributed by atoms with Gasteiger partial charge in [0.05, 0.1) is 0 Å². The number of aromatic amines is 1. The van der Waals surface area contributed by atoms with E-state index in [1.807, 2.05) is 12.1 Å². The summed E-state index contributed by atoms with van der Waals surface area (Å²) >= 11 is 5.46. The summed E-state index contributed by atoms with van der Waals surface area (Å²) in [5.41, 5.74) is 1.07. The van der Waals surface area contributed by atoms with E-state index >= 15 is 0 Å². The summed E-state index contributed by atoms with van der Waals surface area (Å²) in [4.78, 5) is 4.07. The summed E-state index contributed by atoms with van der Waals surface area (Å²) in [5.74, 6) is 1.76. The van der Waals surface area contributed by atoms with Gasteiger partial charge < -0.3 is 0 Å². The molecule has 2 unspecified atom stereocenters. The molecule has 0 saturated heterocycles. The summed E-state index contributed by atoms with van der Waals surface area (Å²) in [6, 6.07) is 4.45. The monoisotopic (exact) mass is 288 g/mol. The van der Waals surface area contributed by atoms with E-state index in [-0.39, 0.29) is 0 Å². The molecule has 1 aliphatic rings. The van der Waals surface area contributed by atoms with Gasteiger partial charge in [0.2, 0.25) is 0 Å². The zero-order valence-electron chi connectivity index (χ0n) is 11.7. The molecule has 0 radical (unpaired) electrons. The summed E-state index contributed by atoms with van der Waals surface area (Å²) in [5, 5.41) is 7.39. The van der Waals surface area contributed by atoms with Crippen LogP contribution in [-0.2, 0) is 0 Å². The highest BCUT2D eigenvalue weighted by Gasteiger charge is 2.25. The molecular formula is C15H20N4S. The van der Waals surface area contributed by atoms with Crippen molar-refractivity contribution in [2.45, 2.75) is 45.1 Å². The van der Waals surface area contributed by atoms with Gasteiger partial charge >= 0.3 is 0 Å². The van der Waals surface area contributed by atoms with E-state index in [0.717, 1.165) is 22.1 Å². The minimum atomic E-state index is 0.475. The third-order valence-corrected chi connectivity index (χ3v) is 4.63. The fourth-order valence-electron chi connectivity index (χ4n) is 3.22. The maximum atomic E-state index is 5.46. The van der Waals surface area contributed by atoms with E-state index in [9.17, 15) is 0 Å². The van der Waals surface area contributed by atoms with Crippen molar-refractivity contribution >= 4 is 12.2 Å². The minimum absolute atomic E-state index is 0.475. The Kier molecular flexibility index (Phi) is 3.96. The van der Waals surface area contributed by atoms with Crippen molar-refractivity contribution in [1.82, 2.24) is 19.7 Å². The molecule has 0 aliphatic heterocycles. The van der Waals surface area contributed by atoms with E-state index in [0.29, 0.717) is 6.04 Å². The molecule has 1 fully saturated rings. The number of hydrogen-bond acceptors (Lipinski definition) is 3. The van der Waals surface area contributed by atoms with Gasteiger partial charge in [0.15, 0.2) is 10.6 Å². The van der Waals surface area contributed by atoms with Crippen molar-refractivity contribution in [3.8, 4) is 11.4 Å². The van der Waals surface area contributed by atoms with E-state index in [4.69, 9.17) is 12.2 Å². The highest BCUT2D eigenvalue weighted by molar-refractivity contribution is 7.71. The molecule has 1 aliphatic carbocycles. The first-order chi connectivity index (χ1) is 9.79. The Morgan fingerprint density at radius 3 is 2.90 bits per heavy atom. The first-order valence-corrected chi connectivity index (χ1v) is 7.77. The van der Waals surface area contributed by atoms with Gasteiger partial charge in [-0.25, -0.2) is 0 Å². The van der Waals surface area contributed by atoms with Gasteiger partial charge in [0.1, 0.15) is 0 Å². The molecule has 0 spiro atoms. The molecule has 1 saturated carbocycles. The lowest BCUT2D eigenvalue weighted by atomic mass is 9.84. The van der Waals surface area contributed by atoms with E-state index in [1.165, 1.54) is 32.1 Å². The lowest BCUT2D eigenvalue weighted by Crippen LogP contribution is -2.19. The zero-order valence-corrected chi connectivity index (χ0v) is 12.6. The average Bonchev–Trinajstić information content (AvgIpc) is 2.90. The van der Waals surface area contributed by atoms with Gasteiger partial charge in [-0.15, -0.1) is 0 Å². The second-order valence-corrected chi connectivity index (χ2v) is 5.94. The minimum Gasteiger partial charge on any atom is -0.297 e. The maximum Gasteiger partial charge on any atom is 0.195 e. The largest absolute Gasteiger partial charge is 0.297 e. The van der Waals surface area contributed by atoms with Crippen LogP contribution in [0, 0.1) is 10.7 Å². The lowest BCUT2D eigenvalue weighted by molar-refractivity contribution is 0.261. The fraction of sp³-hybridized carbons (Fsp3) is 0.533. The average molecular weight is 288 g/mol. The van der Waals surface area contributed by atoms with Crippen molar-refractivity contribution < 1.29 is 0 Å². The number of hydrogen-bond donors (Lipinski definition) is 1. The van der Waals surface area contributed by atoms with Gasteiger partial charge in [0.25, 0.3) is 0 Å². The van der Waals surface area contributed by atoms with Crippen molar-refractivity contribution in [2.75, 3.05) is 0 Å². The Bertz CT molecular complexity index is 616.